The average molecular weight is 285 g/mol. The number of ketones is 1. The standard InChI is InChI=1S/C14H27N3O3/c1-14(2,3)20-13(19)11(15-4)8-16-9-12(18)10-6-5-7-17-10/h10-11,15-17H,5-9H2,1-4H3/t10-,11?/m1/s1. The summed E-state index contributed by atoms with van der Waals surface area (Å²) in [5, 5.41) is 9.10. The molecule has 2 atom stereocenters. The Balaban J connectivity index is 2.30. The van der Waals surface area contributed by atoms with Crippen LogP contribution in [-0.4, -0.2) is 56.1 Å². The second-order valence-corrected chi connectivity index (χ2v) is 6.12. The molecule has 0 aliphatic carbocycles. The molecule has 0 aromatic rings. The van der Waals surface area contributed by atoms with Crippen molar-refractivity contribution in [1.82, 2.24) is 16.0 Å². The largest absolute Gasteiger partial charge is 0.459 e. The maximum atomic E-state index is 11.9. The van der Waals surface area contributed by atoms with E-state index in [1.165, 1.54) is 0 Å². The van der Waals surface area contributed by atoms with Gasteiger partial charge in [-0.2, -0.15) is 0 Å². The van der Waals surface area contributed by atoms with E-state index in [4.69, 9.17) is 4.74 Å². The minimum absolute atomic E-state index is 0.0305. The van der Waals surface area contributed by atoms with Crippen LogP contribution in [0.3, 0.4) is 0 Å². The highest BCUT2D eigenvalue weighted by molar-refractivity contribution is 5.86. The van der Waals surface area contributed by atoms with Crippen molar-refractivity contribution in [3.05, 3.63) is 0 Å². The van der Waals surface area contributed by atoms with Crippen LogP contribution in [-0.2, 0) is 14.3 Å². The Morgan fingerprint density at radius 3 is 2.60 bits per heavy atom. The number of carbonyl (C=O) groups is 2. The first-order valence-corrected chi connectivity index (χ1v) is 7.20. The quantitative estimate of drug-likeness (QED) is 0.564. The minimum Gasteiger partial charge on any atom is -0.459 e. The van der Waals surface area contributed by atoms with Crippen molar-refractivity contribution < 1.29 is 14.3 Å². The molecule has 116 valence electrons. The summed E-state index contributed by atoms with van der Waals surface area (Å²) in [6.07, 6.45) is 1.95. The molecule has 1 fully saturated rings. The van der Waals surface area contributed by atoms with Gasteiger partial charge in [0.1, 0.15) is 11.6 Å². The number of Topliss-reactive ketones (excluding diaryl/α,β-unsaturated/α-hetero) is 1. The van der Waals surface area contributed by atoms with E-state index in [9.17, 15) is 9.59 Å². The topological polar surface area (TPSA) is 79.5 Å². The van der Waals surface area contributed by atoms with Crippen molar-refractivity contribution in [2.45, 2.75) is 51.3 Å². The fraction of sp³-hybridized carbons (Fsp3) is 0.857. The van der Waals surface area contributed by atoms with Crippen molar-refractivity contribution in [3.63, 3.8) is 0 Å². The van der Waals surface area contributed by atoms with Crippen LogP contribution in [0.25, 0.3) is 0 Å². The van der Waals surface area contributed by atoms with Gasteiger partial charge in [0.15, 0.2) is 5.78 Å². The van der Waals surface area contributed by atoms with Crippen LogP contribution in [0.1, 0.15) is 33.6 Å². The van der Waals surface area contributed by atoms with E-state index < -0.39 is 11.6 Å². The van der Waals surface area contributed by atoms with E-state index in [1.807, 2.05) is 20.8 Å². The van der Waals surface area contributed by atoms with E-state index in [1.54, 1.807) is 7.05 Å². The van der Waals surface area contributed by atoms with Gasteiger partial charge in [0.05, 0.1) is 12.6 Å². The molecular weight excluding hydrogens is 258 g/mol. The van der Waals surface area contributed by atoms with Crippen LogP contribution in [0.5, 0.6) is 0 Å². The second-order valence-electron chi connectivity index (χ2n) is 6.12. The molecule has 6 nitrogen and oxygen atoms in total. The Morgan fingerprint density at radius 1 is 1.40 bits per heavy atom. The summed E-state index contributed by atoms with van der Waals surface area (Å²) in [5.41, 5.74) is -0.504. The number of nitrogens with one attached hydrogen (secondary N) is 3. The fourth-order valence-electron chi connectivity index (χ4n) is 2.10. The van der Waals surface area contributed by atoms with E-state index in [0.29, 0.717) is 6.54 Å². The fourth-order valence-corrected chi connectivity index (χ4v) is 2.10. The summed E-state index contributed by atoms with van der Waals surface area (Å²) < 4.78 is 5.31. The van der Waals surface area contributed by atoms with Gasteiger partial charge in [-0.05, 0) is 47.2 Å². The highest BCUT2D eigenvalue weighted by Crippen LogP contribution is 2.08. The summed E-state index contributed by atoms with van der Waals surface area (Å²) in [6.45, 7) is 7.07. The SMILES string of the molecule is CNC(CNCC(=O)[C@H]1CCCN1)C(=O)OC(C)(C)C. The third-order valence-corrected chi connectivity index (χ3v) is 3.14. The molecule has 0 radical (unpaired) electrons. The van der Waals surface area contributed by atoms with Gasteiger partial charge < -0.3 is 20.7 Å². The van der Waals surface area contributed by atoms with E-state index in [2.05, 4.69) is 16.0 Å². The maximum absolute atomic E-state index is 11.9. The lowest BCUT2D eigenvalue weighted by atomic mass is 10.1. The smallest absolute Gasteiger partial charge is 0.324 e. The molecular formula is C14H27N3O3. The first-order valence-electron chi connectivity index (χ1n) is 7.20. The lowest BCUT2D eigenvalue weighted by Crippen LogP contribution is -2.48. The van der Waals surface area contributed by atoms with Gasteiger partial charge in [-0.25, -0.2) is 0 Å². The molecule has 3 N–H and O–H groups in total. The highest BCUT2D eigenvalue weighted by Gasteiger charge is 2.25. The molecule has 0 bridgehead atoms. The molecule has 0 aromatic heterocycles. The van der Waals surface area contributed by atoms with Gasteiger partial charge in [0.25, 0.3) is 0 Å². The Hall–Kier alpha value is -0.980. The van der Waals surface area contributed by atoms with Crippen molar-refractivity contribution in [3.8, 4) is 0 Å². The summed E-state index contributed by atoms with van der Waals surface area (Å²) in [7, 11) is 1.70. The van der Waals surface area contributed by atoms with Crippen molar-refractivity contribution >= 4 is 11.8 Å². The molecule has 1 unspecified atom stereocenters. The van der Waals surface area contributed by atoms with Crippen LogP contribution in [0, 0.1) is 0 Å². The van der Waals surface area contributed by atoms with E-state index in [0.717, 1.165) is 19.4 Å². The number of likely N-dealkylation sites (N-methyl/N-ethyl adjacent to an activating group) is 1. The van der Waals surface area contributed by atoms with E-state index in [-0.39, 0.29) is 24.3 Å². The average Bonchev–Trinajstić information content (AvgIpc) is 2.85. The molecule has 6 heteroatoms. The monoisotopic (exact) mass is 285 g/mol. The number of hydrogen-bond acceptors (Lipinski definition) is 6. The third kappa shape index (κ3) is 5.98. The molecule has 0 amide bonds. The molecule has 1 heterocycles. The summed E-state index contributed by atoms with van der Waals surface area (Å²) in [4.78, 5) is 23.8. The normalized spacial score (nSPS) is 20.7. The van der Waals surface area contributed by atoms with Gasteiger partial charge in [0.2, 0.25) is 0 Å². The van der Waals surface area contributed by atoms with Crippen molar-refractivity contribution in [2.24, 2.45) is 0 Å². The van der Waals surface area contributed by atoms with Crippen LogP contribution >= 0.6 is 0 Å². The Bertz CT molecular complexity index is 333. The molecule has 1 rings (SSSR count). The second kappa shape index (κ2) is 7.71. The number of esters is 1. The molecule has 20 heavy (non-hydrogen) atoms. The van der Waals surface area contributed by atoms with Crippen LogP contribution < -0.4 is 16.0 Å². The number of ether oxygens (including phenoxy) is 1. The summed E-state index contributed by atoms with van der Waals surface area (Å²) >= 11 is 0. The zero-order valence-electron chi connectivity index (χ0n) is 12.9. The number of hydrogen-bond donors (Lipinski definition) is 3. The van der Waals surface area contributed by atoms with Crippen molar-refractivity contribution in [2.75, 3.05) is 26.7 Å². The Morgan fingerprint density at radius 2 is 2.10 bits per heavy atom. The predicted octanol–water partition coefficient (Wildman–Crippen LogP) is -0.173. The molecule has 1 saturated heterocycles. The lowest BCUT2D eigenvalue weighted by Gasteiger charge is -2.24. The highest BCUT2D eigenvalue weighted by atomic mass is 16.6. The first kappa shape index (κ1) is 17.1. The van der Waals surface area contributed by atoms with Gasteiger partial charge in [-0.1, -0.05) is 0 Å². The maximum Gasteiger partial charge on any atom is 0.324 e. The van der Waals surface area contributed by atoms with E-state index >= 15 is 0 Å². The zero-order chi connectivity index (χ0) is 15.2. The molecule has 1 aliphatic heterocycles. The van der Waals surface area contributed by atoms with Gasteiger partial charge in [-0.15, -0.1) is 0 Å². The van der Waals surface area contributed by atoms with Crippen molar-refractivity contribution in [1.29, 1.82) is 0 Å². The first-order chi connectivity index (χ1) is 9.33. The molecule has 0 spiro atoms. The molecule has 0 aromatic carbocycles. The number of rotatable bonds is 7. The van der Waals surface area contributed by atoms with Crippen LogP contribution in [0.4, 0.5) is 0 Å². The number of carbonyl (C=O) groups excluding carboxylic acids is 2. The lowest BCUT2D eigenvalue weighted by molar-refractivity contribution is -0.157. The predicted molar refractivity (Wildman–Crippen MR) is 77.6 cm³/mol. The van der Waals surface area contributed by atoms with Gasteiger partial charge >= 0.3 is 5.97 Å². The molecule has 1 aliphatic rings. The Labute approximate surface area is 121 Å². The van der Waals surface area contributed by atoms with Crippen LogP contribution in [0.2, 0.25) is 0 Å². The summed E-state index contributed by atoms with van der Waals surface area (Å²) in [6, 6.07) is -0.476. The third-order valence-electron chi connectivity index (χ3n) is 3.14. The Kier molecular flexibility index (Phi) is 6.58. The van der Waals surface area contributed by atoms with Crippen LogP contribution in [0.15, 0.2) is 0 Å². The summed E-state index contributed by atoms with van der Waals surface area (Å²) in [5.74, 6) is -0.152. The zero-order valence-corrected chi connectivity index (χ0v) is 12.9. The molecule has 0 saturated carbocycles. The minimum atomic E-state index is -0.504. The van der Waals surface area contributed by atoms with Gasteiger partial charge in [-0.3, -0.25) is 9.59 Å². The van der Waals surface area contributed by atoms with Gasteiger partial charge in [0, 0.05) is 6.54 Å².